The number of fused-ring (bicyclic) bond motifs is 1. The Morgan fingerprint density at radius 1 is 0.733 bits per heavy atom. The van der Waals surface area contributed by atoms with Crippen molar-refractivity contribution in [3.8, 4) is 11.1 Å². The molecule has 0 aliphatic carbocycles. The molecule has 3 aromatic carbocycles. The van der Waals surface area contributed by atoms with Crippen LogP contribution in [0.5, 0.6) is 0 Å². The van der Waals surface area contributed by atoms with Gasteiger partial charge in [0.1, 0.15) is 0 Å². The first-order valence-electron chi connectivity index (χ1n) is 9.94. The fourth-order valence-electron chi connectivity index (χ4n) is 3.68. The Labute approximate surface area is 175 Å². The van der Waals surface area contributed by atoms with Gasteiger partial charge >= 0.3 is 13.3 Å². The molecule has 1 aliphatic rings. The standard InChI is InChI=1S/C24H24BF3O2/c1-15-10-18(13-20(11-15)24(26,27)28)17-7-6-16-8-9-21(14-19(16)12-17)25-29-22(2,3)23(4,5)30-25/h6-14H,1-5H3. The van der Waals surface area contributed by atoms with Gasteiger partial charge in [-0.1, -0.05) is 36.4 Å². The van der Waals surface area contributed by atoms with Crippen molar-refractivity contribution in [1.82, 2.24) is 0 Å². The predicted molar refractivity (Wildman–Crippen MR) is 115 cm³/mol. The van der Waals surface area contributed by atoms with E-state index in [0.717, 1.165) is 21.8 Å². The van der Waals surface area contributed by atoms with Crippen LogP contribution in [0.3, 0.4) is 0 Å². The molecule has 2 nitrogen and oxygen atoms in total. The van der Waals surface area contributed by atoms with Gasteiger partial charge in [0.25, 0.3) is 0 Å². The summed E-state index contributed by atoms with van der Waals surface area (Å²) in [6.07, 6.45) is -4.37. The van der Waals surface area contributed by atoms with E-state index in [9.17, 15) is 13.2 Å². The van der Waals surface area contributed by atoms with Crippen molar-refractivity contribution >= 4 is 23.4 Å². The molecule has 0 N–H and O–H groups in total. The van der Waals surface area contributed by atoms with E-state index in [1.165, 1.54) is 12.1 Å². The SMILES string of the molecule is Cc1cc(-c2ccc3ccc(B4OC(C)(C)C(C)(C)O4)cc3c2)cc(C(F)(F)F)c1. The van der Waals surface area contributed by atoms with Gasteiger partial charge in [-0.2, -0.15) is 13.2 Å². The molecule has 6 heteroatoms. The second-order valence-electron chi connectivity index (χ2n) is 9.00. The Balaban J connectivity index is 1.74. The molecule has 0 spiro atoms. The molecule has 3 aromatic rings. The van der Waals surface area contributed by atoms with E-state index in [1.807, 2.05) is 64.1 Å². The first kappa shape index (κ1) is 20.9. The summed E-state index contributed by atoms with van der Waals surface area (Å²) in [6.45, 7) is 9.69. The van der Waals surface area contributed by atoms with Crippen LogP contribution in [0.2, 0.25) is 0 Å². The molecule has 0 aromatic heterocycles. The maximum atomic E-state index is 13.2. The van der Waals surface area contributed by atoms with E-state index >= 15 is 0 Å². The minimum Gasteiger partial charge on any atom is -0.399 e. The van der Waals surface area contributed by atoms with Crippen LogP contribution in [0.4, 0.5) is 13.2 Å². The summed E-state index contributed by atoms with van der Waals surface area (Å²) in [5.41, 5.74) is 1.23. The van der Waals surface area contributed by atoms with Crippen LogP contribution in [-0.4, -0.2) is 18.3 Å². The van der Waals surface area contributed by atoms with E-state index in [-0.39, 0.29) is 0 Å². The molecule has 156 valence electrons. The zero-order valence-corrected chi connectivity index (χ0v) is 17.7. The topological polar surface area (TPSA) is 18.5 Å². The van der Waals surface area contributed by atoms with Gasteiger partial charge in [0, 0.05) is 0 Å². The normalized spacial score (nSPS) is 18.2. The van der Waals surface area contributed by atoms with Crippen molar-refractivity contribution in [2.45, 2.75) is 52.0 Å². The van der Waals surface area contributed by atoms with E-state index < -0.39 is 30.1 Å². The molecule has 1 heterocycles. The predicted octanol–water partition coefficient (Wildman–Crippen LogP) is 6.13. The lowest BCUT2D eigenvalue weighted by Gasteiger charge is -2.32. The van der Waals surface area contributed by atoms with Gasteiger partial charge in [-0.3, -0.25) is 0 Å². The molecule has 4 rings (SSSR count). The highest BCUT2D eigenvalue weighted by Gasteiger charge is 2.51. The van der Waals surface area contributed by atoms with E-state index in [0.29, 0.717) is 11.1 Å². The molecule has 1 fully saturated rings. The zero-order chi connectivity index (χ0) is 21.9. The third kappa shape index (κ3) is 3.74. The van der Waals surface area contributed by atoms with Crippen LogP contribution in [0.1, 0.15) is 38.8 Å². The minimum absolute atomic E-state index is 0.440. The lowest BCUT2D eigenvalue weighted by Crippen LogP contribution is -2.41. The monoisotopic (exact) mass is 412 g/mol. The van der Waals surface area contributed by atoms with Crippen LogP contribution < -0.4 is 5.46 Å². The second-order valence-corrected chi connectivity index (χ2v) is 9.00. The molecule has 1 saturated heterocycles. The number of alkyl halides is 3. The fraction of sp³-hybridized carbons (Fsp3) is 0.333. The molecular formula is C24H24BF3O2. The number of benzene rings is 3. The Morgan fingerprint density at radius 3 is 2.00 bits per heavy atom. The molecule has 0 unspecified atom stereocenters. The Morgan fingerprint density at radius 2 is 1.37 bits per heavy atom. The minimum atomic E-state index is -4.37. The van der Waals surface area contributed by atoms with Gasteiger partial charge in [-0.05, 0) is 85.7 Å². The average Bonchev–Trinajstić information content (AvgIpc) is 2.87. The van der Waals surface area contributed by atoms with Gasteiger partial charge in [-0.15, -0.1) is 0 Å². The van der Waals surface area contributed by atoms with E-state index in [2.05, 4.69) is 0 Å². The van der Waals surface area contributed by atoms with Crippen LogP contribution >= 0.6 is 0 Å². The van der Waals surface area contributed by atoms with Crippen molar-refractivity contribution < 1.29 is 22.5 Å². The number of hydrogen-bond acceptors (Lipinski definition) is 2. The van der Waals surface area contributed by atoms with E-state index in [4.69, 9.17) is 9.31 Å². The molecular weight excluding hydrogens is 388 g/mol. The molecule has 30 heavy (non-hydrogen) atoms. The van der Waals surface area contributed by atoms with Crippen molar-refractivity contribution in [3.05, 3.63) is 65.7 Å². The second kappa shape index (κ2) is 6.86. The summed E-state index contributed by atoms with van der Waals surface area (Å²) in [6, 6.07) is 15.8. The van der Waals surface area contributed by atoms with Crippen molar-refractivity contribution in [2.24, 2.45) is 0 Å². The third-order valence-electron chi connectivity index (χ3n) is 6.13. The van der Waals surface area contributed by atoms with Crippen molar-refractivity contribution in [3.63, 3.8) is 0 Å². The number of halogens is 3. The lowest BCUT2D eigenvalue weighted by molar-refractivity contribution is -0.137. The van der Waals surface area contributed by atoms with Crippen molar-refractivity contribution in [1.29, 1.82) is 0 Å². The Hall–Kier alpha value is -2.31. The molecule has 0 saturated carbocycles. The molecule has 0 bridgehead atoms. The quantitative estimate of drug-likeness (QED) is 0.472. The molecule has 0 amide bonds. The molecule has 1 aliphatic heterocycles. The Kier molecular flexibility index (Phi) is 4.79. The highest BCUT2D eigenvalue weighted by molar-refractivity contribution is 6.62. The largest absolute Gasteiger partial charge is 0.494 e. The third-order valence-corrected chi connectivity index (χ3v) is 6.13. The highest BCUT2D eigenvalue weighted by Crippen LogP contribution is 2.37. The van der Waals surface area contributed by atoms with Gasteiger partial charge in [0.05, 0.1) is 16.8 Å². The first-order chi connectivity index (χ1) is 13.9. The number of hydrogen-bond donors (Lipinski definition) is 0. The summed E-state index contributed by atoms with van der Waals surface area (Å²) in [5.74, 6) is 0. The summed E-state index contributed by atoms with van der Waals surface area (Å²) in [7, 11) is -0.487. The smallest absolute Gasteiger partial charge is 0.399 e. The summed E-state index contributed by atoms with van der Waals surface area (Å²) in [5, 5.41) is 1.93. The lowest BCUT2D eigenvalue weighted by atomic mass is 9.78. The van der Waals surface area contributed by atoms with Gasteiger partial charge in [0.2, 0.25) is 0 Å². The number of rotatable bonds is 2. The highest BCUT2D eigenvalue weighted by atomic mass is 19.4. The van der Waals surface area contributed by atoms with Crippen molar-refractivity contribution in [2.75, 3.05) is 0 Å². The summed E-state index contributed by atoms with van der Waals surface area (Å²) in [4.78, 5) is 0. The summed E-state index contributed by atoms with van der Waals surface area (Å²) >= 11 is 0. The fourth-order valence-corrected chi connectivity index (χ4v) is 3.68. The van der Waals surface area contributed by atoms with Gasteiger partial charge in [-0.25, -0.2) is 0 Å². The summed E-state index contributed by atoms with van der Waals surface area (Å²) < 4.78 is 52.0. The zero-order valence-electron chi connectivity index (χ0n) is 17.7. The molecule has 0 radical (unpaired) electrons. The van der Waals surface area contributed by atoms with Crippen LogP contribution in [0.25, 0.3) is 21.9 Å². The Bertz CT molecular complexity index is 1100. The molecule has 0 atom stereocenters. The van der Waals surface area contributed by atoms with Crippen LogP contribution in [0, 0.1) is 6.92 Å². The maximum absolute atomic E-state index is 13.2. The first-order valence-corrected chi connectivity index (χ1v) is 9.94. The number of aryl methyl sites for hydroxylation is 1. The van der Waals surface area contributed by atoms with Crippen LogP contribution in [0.15, 0.2) is 54.6 Å². The van der Waals surface area contributed by atoms with Crippen LogP contribution in [-0.2, 0) is 15.5 Å². The average molecular weight is 412 g/mol. The van der Waals surface area contributed by atoms with Gasteiger partial charge < -0.3 is 9.31 Å². The van der Waals surface area contributed by atoms with E-state index in [1.54, 1.807) is 13.0 Å². The maximum Gasteiger partial charge on any atom is 0.494 e. The van der Waals surface area contributed by atoms with Gasteiger partial charge in [0.15, 0.2) is 0 Å².